The third-order valence-electron chi connectivity index (χ3n) is 1.01. The average molecular weight is 148 g/mol. The zero-order chi connectivity index (χ0) is 7.78. The quantitative estimate of drug-likeness (QED) is 0.576. The molecule has 0 spiro atoms. The van der Waals surface area contributed by atoms with Crippen LogP contribution in [-0.4, -0.2) is 20.2 Å². The van der Waals surface area contributed by atoms with Crippen molar-refractivity contribution in [2.24, 2.45) is 7.05 Å². The molecule has 0 aliphatic rings. The number of halogens is 2. The van der Waals surface area contributed by atoms with E-state index in [1.54, 1.807) is 0 Å². The SMILES string of the molecule is Cn1nnnc1C(C)(F)F. The van der Waals surface area contributed by atoms with E-state index in [2.05, 4.69) is 15.5 Å². The molecule has 0 atom stereocenters. The molecule has 6 heteroatoms. The highest BCUT2D eigenvalue weighted by molar-refractivity contribution is 4.88. The molecule has 0 fully saturated rings. The molecule has 10 heavy (non-hydrogen) atoms. The summed E-state index contributed by atoms with van der Waals surface area (Å²) in [7, 11) is 1.37. The monoisotopic (exact) mass is 148 g/mol. The first kappa shape index (κ1) is 7.04. The molecule has 0 aliphatic carbocycles. The third kappa shape index (κ3) is 1.09. The number of hydrogen-bond acceptors (Lipinski definition) is 3. The zero-order valence-electron chi connectivity index (χ0n) is 5.54. The number of aromatic nitrogens is 4. The maximum Gasteiger partial charge on any atom is 0.305 e. The highest BCUT2D eigenvalue weighted by atomic mass is 19.3. The fourth-order valence-electron chi connectivity index (χ4n) is 0.601. The Labute approximate surface area is 55.8 Å². The van der Waals surface area contributed by atoms with Gasteiger partial charge in [0.05, 0.1) is 0 Å². The van der Waals surface area contributed by atoms with Gasteiger partial charge in [-0.2, -0.15) is 8.78 Å². The molecule has 0 unspecified atom stereocenters. The summed E-state index contributed by atoms with van der Waals surface area (Å²) in [5.74, 6) is -3.38. The zero-order valence-corrected chi connectivity index (χ0v) is 5.54. The first-order chi connectivity index (χ1) is 4.52. The fourth-order valence-corrected chi connectivity index (χ4v) is 0.601. The van der Waals surface area contributed by atoms with Crippen molar-refractivity contribution in [2.45, 2.75) is 12.8 Å². The van der Waals surface area contributed by atoms with Crippen molar-refractivity contribution < 1.29 is 8.78 Å². The minimum Gasteiger partial charge on any atom is -0.227 e. The van der Waals surface area contributed by atoms with Gasteiger partial charge in [-0.25, -0.2) is 4.68 Å². The lowest BCUT2D eigenvalue weighted by Crippen LogP contribution is -2.14. The topological polar surface area (TPSA) is 43.6 Å². The molecule has 0 saturated heterocycles. The number of nitrogens with zero attached hydrogens (tertiary/aromatic N) is 4. The molecule has 4 nitrogen and oxygen atoms in total. The molecule has 0 saturated carbocycles. The van der Waals surface area contributed by atoms with Crippen molar-refractivity contribution in [3.05, 3.63) is 5.82 Å². The van der Waals surface area contributed by atoms with Gasteiger partial charge in [-0.05, 0) is 10.4 Å². The number of aryl methyl sites for hydroxylation is 1. The summed E-state index contributed by atoms with van der Waals surface area (Å²) in [6, 6.07) is 0. The Bertz CT molecular complexity index is 225. The summed E-state index contributed by atoms with van der Waals surface area (Å²) in [5, 5.41) is 9.47. The Kier molecular flexibility index (Phi) is 1.38. The Hall–Kier alpha value is -1.07. The number of alkyl halides is 2. The lowest BCUT2D eigenvalue weighted by atomic mass is 10.4. The van der Waals surface area contributed by atoms with E-state index in [0.29, 0.717) is 0 Å². The second-order valence-electron chi connectivity index (χ2n) is 2.01. The molecule has 1 aromatic heterocycles. The van der Waals surface area contributed by atoms with Gasteiger partial charge in [0.15, 0.2) is 0 Å². The van der Waals surface area contributed by atoms with Crippen molar-refractivity contribution in [1.82, 2.24) is 20.2 Å². The van der Waals surface area contributed by atoms with Crippen LogP contribution in [0.15, 0.2) is 0 Å². The van der Waals surface area contributed by atoms with Crippen LogP contribution in [0.5, 0.6) is 0 Å². The Morgan fingerprint density at radius 3 is 2.30 bits per heavy atom. The fraction of sp³-hybridized carbons (Fsp3) is 0.750. The van der Waals surface area contributed by atoms with Crippen LogP contribution in [-0.2, 0) is 13.0 Å². The standard InChI is InChI=1S/C4H6F2N4/c1-4(5,6)3-7-8-9-10(3)2/h1-2H3. The summed E-state index contributed by atoms with van der Waals surface area (Å²) >= 11 is 0. The van der Waals surface area contributed by atoms with Crippen LogP contribution in [0.2, 0.25) is 0 Å². The third-order valence-corrected chi connectivity index (χ3v) is 1.01. The minimum atomic E-state index is -2.96. The first-order valence-electron chi connectivity index (χ1n) is 2.62. The van der Waals surface area contributed by atoms with E-state index in [1.807, 2.05) is 0 Å². The molecule has 0 bridgehead atoms. The molecule has 0 aliphatic heterocycles. The van der Waals surface area contributed by atoms with Gasteiger partial charge in [-0.1, -0.05) is 0 Å². The van der Waals surface area contributed by atoms with Gasteiger partial charge in [0.2, 0.25) is 5.82 Å². The van der Waals surface area contributed by atoms with E-state index >= 15 is 0 Å². The molecule has 0 radical (unpaired) electrons. The molecule has 0 amide bonds. The van der Waals surface area contributed by atoms with E-state index in [4.69, 9.17) is 0 Å². The highest BCUT2D eigenvalue weighted by Gasteiger charge is 2.30. The van der Waals surface area contributed by atoms with Crippen LogP contribution in [0.1, 0.15) is 12.7 Å². The van der Waals surface area contributed by atoms with Crippen molar-refractivity contribution in [3.8, 4) is 0 Å². The van der Waals surface area contributed by atoms with Gasteiger partial charge in [-0.15, -0.1) is 5.10 Å². The van der Waals surface area contributed by atoms with Crippen molar-refractivity contribution >= 4 is 0 Å². The average Bonchev–Trinajstić information content (AvgIpc) is 2.11. The summed E-state index contributed by atoms with van der Waals surface area (Å²) < 4.78 is 25.7. The van der Waals surface area contributed by atoms with Crippen LogP contribution in [0.4, 0.5) is 8.78 Å². The molecule has 0 aromatic carbocycles. The molecule has 1 rings (SSSR count). The van der Waals surface area contributed by atoms with E-state index in [9.17, 15) is 8.78 Å². The predicted octanol–water partition coefficient (Wildman–Crippen LogP) is 0.322. The van der Waals surface area contributed by atoms with Gasteiger partial charge in [-0.3, -0.25) is 0 Å². The summed E-state index contributed by atoms with van der Waals surface area (Å²) in [6.45, 7) is 0.749. The van der Waals surface area contributed by atoms with Crippen LogP contribution in [0.25, 0.3) is 0 Å². The van der Waals surface area contributed by atoms with Gasteiger partial charge in [0, 0.05) is 14.0 Å². The normalized spacial score (nSPS) is 12.0. The summed E-state index contributed by atoms with van der Waals surface area (Å²) in [5.41, 5.74) is 0. The van der Waals surface area contributed by atoms with Gasteiger partial charge in [0.1, 0.15) is 0 Å². The first-order valence-corrected chi connectivity index (χ1v) is 2.62. The largest absolute Gasteiger partial charge is 0.305 e. The molecule has 56 valence electrons. The Morgan fingerprint density at radius 1 is 1.50 bits per heavy atom. The predicted molar refractivity (Wildman–Crippen MR) is 28.4 cm³/mol. The number of hydrogen-bond donors (Lipinski definition) is 0. The van der Waals surface area contributed by atoms with E-state index < -0.39 is 11.7 Å². The van der Waals surface area contributed by atoms with Crippen LogP contribution >= 0.6 is 0 Å². The van der Waals surface area contributed by atoms with Gasteiger partial charge in [0.25, 0.3) is 0 Å². The van der Waals surface area contributed by atoms with Gasteiger partial charge >= 0.3 is 5.92 Å². The molecular formula is C4H6F2N4. The lowest BCUT2D eigenvalue weighted by molar-refractivity contribution is 0.00386. The summed E-state index contributed by atoms with van der Waals surface area (Å²) in [4.78, 5) is 0. The second kappa shape index (κ2) is 1.96. The van der Waals surface area contributed by atoms with Gasteiger partial charge < -0.3 is 0 Å². The van der Waals surface area contributed by atoms with Crippen molar-refractivity contribution in [3.63, 3.8) is 0 Å². The second-order valence-corrected chi connectivity index (χ2v) is 2.01. The van der Waals surface area contributed by atoms with Crippen LogP contribution in [0.3, 0.4) is 0 Å². The molecule has 0 N–H and O–H groups in total. The van der Waals surface area contributed by atoms with E-state index in [1.165, 1.54) is 7.05 Å². The number of tetrazole rings is 1. The highest BCUT2D eigenvalue weighted by Crippen LogP contribution is 2.22. The molecular weight excluding hydrogens is 142 g/mol. The lowest BCUT2D eigenvalue weighted by Gasteiger charge is -2.05. The smallest absolute Gasteiger partial charge is 0.227 e. The maximum absolute atomic E-state index is 12.4. The maximum atomic E-state index is 12.4. The van der Waals surface area contributed by atoms with Crippen molar-refractivity contribution in [1.29, 1.82) is 0 Å². The van der Waals surface area contributed by atoms with Crippen LogP contribution < -0.4 is 0 Å². The minimum absolute atomic E-state index is 0.424. The molecule has 1 heterocycles. The Balaban J connectivity index is 3.05. The molecule has 1 aromatic rings. The van der Waals surface area contributed by atoms with Crippen molar-refractivity contribution in [2.75, 3.05) is 0 Å². The van der Waals surface area contributed by atoms with E-state index in [-0.39, 0.29) is 0 Å². The Morgan fingerprint density at radius 2 is 2.10 bits per heavy atom. The van der Waals surface area contributed by atoms with E-state index in [0.717, 1.165) is 11.6 Å². The number of rotatable bonds is 1. The summed E-state index contributed by atoms with van der Waals surface area (Å²) in [6.07, 6.45) is 0. The van der Waals surface area contributed by atoms with Crippen LogP contribution in [0, 0.1) is 0 Å².